The molecule has 0 bridgehead atoms. The first kappa shape index (κ1) is 21.1. The summed E-state index contributed by atoms with van der Waals surface area (Å²) in [6.07, 6.45) is 1.43. The van der Waals surface area contributed by atoms with E-state index in [9.17, 15) is 19.7 Å². The first-order valence-corrected chi connectivity index (χ1v) is 9.93. The molecule has 30 heavy (non-hydrogen) atoms. The number of furan rings is 1. The SMILES string of the molecule is C[C@H](Sc1ccc([N+](=O)[O-])cc1)C(=O)NCc1cccc(NC(=O)c2ccco2)c1. The Morgan fingerprint density at radius 3 is 2.57 bits per heavy atom. The third kappa shape index (κ3) is 5.71. The van der Waals surface area contributed by atoms with Gasteiger partial charge in [-0.1, -0.05) is 12.1 Å². The molecule has 0 saturated carbocycles. The maximum atomic E-state index is 12.4. The Morgan fingerprint density at radius 1 is 1.13 bits per heavy atom. The van der Waals surface area contributed by atoms with E-state index in [4.69, 9.17) is 4.42 Å². The van der Waals surface area contributed by atoms with Gasteiger partial charge in [-0.2, -0.15) is 0 Å². The van der Waals surface area contributed by atoms with Gasteiger partial charge in [0.2, 0.25) is 5.91 Å². The fourth-order valence-electron chi connectivity index (χ4n) is 2.60. The summed E-state index contributed by atoms with van der Waals surface area (Å²) < 4.78 is 5.07. The van der Waals surface area contributed by atoms with E-state index >= 15 is 0 Å². The van der Waals surface area contributed by atoms with Crippen molar-refractivity contribution in [2.45, 2.75) is 23.6 Å². The second kappa shape index (κ2) is 9.75. The topological polar surface area (TPSA) is 114 Å². The number of anilines is 1. The lowest BCUT2D eigenvalue weighted by Crippen LogP contribution is -2.30. The van der Waals surface area contributed by atoms with Crippen molar-refractivity contribution in [2.75, 3.05) is 5.32 Å². The zero-order valence-corrected chi connectivity index (χ0v) is 16.8. The van der Waals surface area contributed by atoms with Crippen LogP contribution in [0.25, 0.3) is 0 Å². The van der Waals surface area contributed by atoms with E-state index in [1.807, 2.05) is 6.07 Å². The molecule has 0 radical (unpaired) electrons. The van der Waals surface area contributed by atoms with Gasteiger partial charge in [0.05, 0.1) is 16.4 Å². The molecule has 2 aromatic carbocycles. The molecule has 0 spiro atoms. The first-order valence-electron chi connectivity index (χ1n) is 9.05. The van der Waals surface area contributed by atoms with Gasteiger partial charge in [-0.05, 0) is 48.9 Å². The number of non-ortho nitro benzene ring substituents is 1. The number of hydrogen-bond donors (Lipinski definition) is 2. The molecule has 0 saturated heterocycles. The number of carbonyl (C=O) groups excluding carboxylic acids is 2. The van der Waals surface area contributed by atoms with Gasteiger partial charge in [0.15, 0.2) is 5.76 Å². The van der Waals surface area contributed by atoms with Crippen molar-refractivity contribution < 1.29 is 18.9 Å². The molecule has 2 N–H and O–H groups in total. The van der Waals surface area contributed by atoms with Gasteiger partial charge in [-0.15, -0.1) is 11.8 Å². The maximum absolute atomic E-state index is 12.4. The van der Waals surface area contributed by atoms with Crippen LogP contribution in [-0.4, -0.2) is 22.0 Å². The van der Waals surface area contributed by atoms with Crippen LogP contribution in [0.1, 0.15) is 23.0 Å². The number of nitro benzene ring substituents is 1. The lowest BCUT2D eigenvalue weighted by Gasteiger charge is -2.12. The second-order valence-electron chi connectivity index (χ2n) is 6.36. The van der Waals surface area contributed by atoms with E-state index in [0.29, 0.717) is 12.2 Å². The summed E-state index contributed by atoms with van der Waals surface area (Å²) in [6, 6.07) is 16.4. The van der Waals surface area contributed by atoms with Crippen molar-refractivity contribution in [3.05, 3.63) is 88.4 Å². The molecule has 3 rings (SSSR count). The number of amides is 2. The minimum absolute atomic E-state index is 0.00970. The molecule has 154 valence electrons. The van der Waals surface area contributed by atoms with Crippen LogP contribution in [-0.2, 0) is 11.3 Å². The molecule has 0 aliphatic rings. The van der Waals surface area contributed by atoms with Crippen molar-refractivity contribution in [1.29, 1.82) is 0 Å². The predicted octanol–water partition coefficient (Wildman–Crippen LogP) is 4.24. The van der Waals surface area contributed by atoms with E-state index < -0.39 is 4.92 Å². The number of carbonyl (C=O) groups is 2. The van der Waals surface area contributed by atoms with E-state index in [2.05, 4.69) is 10.6 Å². The Kier molecular flexibility index (Phi) is 6.87. The zero-order chi connectivity index (χ0) is 21.5. The number of rotatable bonds is 8. The number of thioether (sulfide) groups is 1. The molecule has 3 aromatic rings. The van der Waals surface area contributed by atoms with Gasteiger partial charge in [0.1, 0.15) is 0 Å². The van der Waals surface area contributed by atoms with Gasteiger partial charge in [-0.3, -0.25) is 19.7 Å². The van der Waals surface area contributed by atoms with Crippen LogP contribution in [0, 0.1) is 10.1 Å². The van der Waals surface area contributed by atoms with Crippen molar-refractivity contribution in [3.8, 4) is 0 Å². The van der Waals surface area contributed by atoms with Crippen molar-refractivity contribution in [1.82, 2.24) is 5.32 Å². The number of nitrogens with one attached hydrogen (secondary N) is 2. The molecule has 0 unspecified atom stereocenters. The molecule has 1 aromatic heterocycles. The molecule has 0 aliphatic carbocycles. The van der Waals surface area contributed by atoms with Gasteiger partial charge >= 0.3 is 0 Å². The summed E-state index contributed by atoms with van der Waals surface area (Å²) in [7, 11) is 0. The van der Waals surface area contributed by atoms with Crippen molar-refractivity contribution in [3.63, 3.8) is 0 Å². The molecule has 9 heteroatoms. The van der Waals surface area contributed by atoms with Gasteiger partial charge in [-0.25, -0.2) is 0 Å². The highest BCUT2D eigenvalue weighted by Gasteiger charge is 2.15. The van der Waals surface area contributed by atoms with Crippen LogP contribution < -0.4 is 10.6 Å². The summed E-state index contributed by atoms with van der Waals surface area (Å²) >= 11 is 1.32. The Hall–Kier alpha value is -3.59. The summed E-state index contributed by atoms with van der Waals surface area (Å²) in [5.41, 5.74) is 1.43. The van der Waals surface area contributed by atoms with E-state index in [0.717, 1.165) is 10.5 Å². The lowest BCUT2D eigenvalue weighted by atomic mass is 10.2. The standard InChI is InChI=1S/C21H19N3O5S/c1-14(30-18-9-7-17(8-10-18)24(27)28)20(25)22-13-15-4-2-5-16(12-15)23-21(26)19-6-3-11-29-19/h2-12,14H,13H2,1H3,(H,22,25)(H,23,26)/t14-/m0/s1. The minimum atomic E-state index is -0.463. The monoisotopic (exact) mass is 425 g/mol. The first-order chi connectivity index (χ1) is 14.4. The molecule has 1 atom stereocenters. The van der Waals surface area contributed by atoms with Gasteiger partial charge in [0.25, 0.3) is 11.6 Å². The number of benzene rings is 2. The van der Waals surface area contributed by atoms with Crippen LogP contribution in [0.15, 0.2) is 76.2 Å². The highest BCUT2D eigenvalue weighted by atomic mass is 32.2. The smallest absolute Gasteiger partial charge is 0.291 e. The Bertz CT molecular complexity index is 1040. The zero-order valence-electron chi connectivity index (χ0n) is 16.0. The van der Waals surface area contributed by atoms with E-state index in [-0.39, 0.29) is 28.5 Å². The average molecular weight is 425 g/mol. The van der Waals surface area contributed by atoms with Gasteiger partial charge in [0, 0.05) is 29.3 Å². The van der Waals surface area contributed by atoms with Crippen LogP contribution in [0.2, 0.25) is 0 Å². The predicted molar refractivity (Wildman–Crippen MR) is 113 cm³/mol. The maximum Gasteiger partial charge on any atom is 0.291 e. The van der Waals surface area contributed by atoms with Crippen LogP contribution in [0.5, 0.6) is 0 Å². The summed E-state index contributed by atoms with van der Waals surface area (Å²) in [6.45, 7) is 2.07. The third-order valence-electron chi connectivity index (χ3n) is 4.13. The Balaban J connectivity index is 1.52. The number of nitro groups is 1. The third-order valence-corrected chi connectivity index (χ3v) is 5.24. The molecule has 2 amide bonds. The van der Waals surface area contributed by atoms with Crippen molar-refractivity contribution >= 4 is 35.0 Å². The fraction of sp³-hybridized carbons (Fsp3) is 0.143. The molecule has 1 heterocycles. The van der Waals surface area contributed by atoms with Crippen LogP contribution in [0.3, 0.4) is 0 Å². The molecule has 0 fully saturated rings. The summed E-state index contributed by atoms with van der Waals surface area (Å²) in [4.78, 5) is 35.5. The molecule has 8 nitrogen and oxygen atoms in total. The molecular weight excluding hydrogens is 406 g/mol. The Labute approximate surface area is 176 Å². The number of nitrogens with zero attached hydrogens (tertiary/aromatic N) is 1. The normalized spacial score (nSPS) is 11.5. The summed E-state index contributed by atoms with van der Waals surface area (Å²) in [5, 5.41) is 15.9. The number of hydrogen-bond acceptors (Lipinski definition) is 6. The fourth-order valence-corrected chi connectivity index (χ4v) is 3.49. The van der Waals surface area contributed by atoms with Crippen LogP contribution >= 0.6 is 11.8 Å². The average Bonchev–Trinajstić information content (AvgIpc) is 3.28. The molecular formula is C21H19N3O5S. The minimum Gasteiger partial charge on any atom is -0.459 e. The van der Waals surface area contributed by atoms with E-state index in [1.165, 1.54) is 30.2 Å². The lowest BCUT2D eigenvalue weighted by molar-refractivity contribution is -0.384. The highest BCUT2D eigenvalue weighted by Crippen LogP contribution is 2.25. The second-order valence-corrected chi connectivity index (χ2v) is 7.77. The van der Waals surface area contributed by atoms with Crippen LogP contribution in [0.4, 0.5) is 11.4 Å². The van der Waals surface area contributed by atoms with E-state index in [1.54, 1.807) is 49.4 Å². The van der Waals surface area contributed by atoms with Crippen molar-refractivity contribution in [2.24, 2.45) is 0 Å². The molecule has 0 aliphatic heterocycles. The largest absolute Gasteiger partial charge is 0.459 e. The van der Waals surface area contributed by atoms with Gasteiger partial charge < -0.3 is 15.1 Å². The quantitative estimate of drug-likeness (QED) is 0.317. The Morgan fingerprint density at radius 2 is 1.90 bits per heavy atom. The summed E-state index contributed by atoms with van der Waals surface area (Å²) in [5.74, 6) is -0.302. The highest BCUT2D eigenvalue weighted by molar-refractivity contribution is 8.00.